The average Bonchev–Trinajstić information content (AvgIpc) is 3.02. The first-order valence-electron chi connectivity index (χ1n) is 10.1. The second kappa shape index (κ2) is 8.01. The molecule has 2 aromatic carbocycles. The molecule has 4 nitrogen and oxygen atoms in total. The number of imide groups is 1. The fourth-order valence-corrected chi connectivity index (χ4v) is 4.31. The lowest BCUT2D eigenvalue weighted by Crippen LogP contribution is -2.33. The van der Waals surface area contributed by atoms with Gasteiger partial charge in [-0.1, -0.05) is 55.7 Å². The van der Waals surface area contributed by atoms with Crippen molar-refractivity contribution in [2.75, 3.05) is 16.8 Å². The van der Waals surface area contributed by atoms with Crippen molar-refractivity contribution in [2.45, 2.75) is 44.6 Å². The van der Waals surface area contributed by atoms with E-state index in [1.165, 1.54) is 37.0 Å². The minimum atomic E-state index is -0.216. The van der Waals surface area contributed by atoms with Crippen LogP contribution in [0.2, 0.25) is 0 Å². The zero-order chi connectivity index (χ0) is 19.5. The molecule has 0 spiro atoms. The Labute approximate surface area is 166 Å². The minimum absolute atomic E-state index is 0.148. The van der Waals surface area contributed by atoms with Crippen LogP contribution >= 0.6 is 0 Å². The van der Waals surface area contributed by atoms with Gasteiger partial charge in [0.25, 0.3) is 5.91 Å². The lowest BCUT2D eigenvalue weighted by Gasteiger charge is -2.34. The Hall–Kier alpha value is -2.88. The standard InChI is InChI=1S/C24H26N2O2/c1-25(20-11-4-2-5-12-20)22-15-9-8-10-18(22)16-19-17-23(27)26(24(19)28)21-13-6-3-7-14-21/h3,6-10,13-16,20H,2,4-5,11-12,17H2,1H3/b19-16+. The van der Waals surface area contributed by atoms with Crippen molar-refractivity contribution in [1.29, 1.82) is 0 Å². The number of benzene rings is 2. The van der Waals surface area contributed by atoms with E-state index in [1.807, 2.05) is 42.5 Å². The van der Waals surface area contributed by atoms with E-state index in [0.29, 0.717) is 17.3 Å². The molecule has 0 aromatic heterocycles. The van der Waals surface area contributed by atoms with Crippen molar-refractivity contribution in [3.63, 3.8) is 0 Å². The number of carbonyl (C=O) groups excluding carboxylic acids is 2. The zero-order valence-electron chi connectivity index (χ0n) is 16.3. The zero-order valence-corrected chi connectivity index (χ0v) is 16.3. The van der Waals surface area contributed by atoms with Crippen LogP contribution in [0, 0.1) is 0 Å². The molecule has 144 valence electrons. The van der Waals surface area contributed by atoms with E-state index >= 15 is 0 Å². The first-order chi connectivity index (χ1) is 13.6. The second-order valence-corrected chi connectivity index (χ2v) is 7.68. The van der Waals surface area contributed by atoms with Gasteiger partial charge < -0.3 is 4.90 Å². The molecule has 28 heavy (non-hydrogen) atoms. The maximum absolute atomic E-state index is 12.9. The van der Waals surface area contributed by atoms with Gasteiger partial charge in [0, 0.05) is 24.4 Å². The largest absolute Gasteiger partial charge is 0.371 e. The monoisotopic (exact) mass is 374 g/mol. The molecule has 2 amide bonds. The van der Waals surface area contributed by atoms with E-state index in [0.717, 1.165) is 11.3 Å². The molecular weight excluding hydrogens is 348 g/mol. The Morgan fingerprint density at radius 1 is 0.929 bits per heavy atom. The van der Waals surface area contributed by atoms with Crippen molar-refractivity contribution in [3.8, 4) is 0 Å². The third-order valence-electron chi connectivity index (χ3n) is 5.85. The molecule has 4 rings (SSSR count). The maximum Gasteiger partial charge on any atom is 0.261 e. The molecule has 0 bridgehead atoms. The molecule has 1 aliphatic heterocycles. The molecule has 2 aliphatic rings. The van der Waals surface area contributed by atoms with Gasteiger partial charge in [-0.25, -0.2) is 4.90 Å². The molecule has 0 unspecified atom stereocenters. The summed E-state index contributed by atoms with van der Waals surface area (Å²) < 4.78 is 0. The third-order valence-corrected chi connectivity index (χ3v) is 5.85. The Morgan fingerprint density at radius 2 is 1.61 bits per heavy atom. The number of rotatable bonds is 4. The van der Waals surface area contributed by atoms with E-state index in [4.69, 9.17) is 0 Å². The Bertz CT molecular complexity index is 898. The number of hydrogen-bond acceptors (Lipinski definition) is 3. The van der Waals surface area contributed by atoms with Crippen LogP contribution < -0.4 is 9.80 Å². The summed E-state index contributed by atoms with van der Waals surface area (Å²) in [4.78, 5) is 29.1. The quantitative estimate of drug-likeness (QED) is 0.570. The summed E-state index contributed by atoms with van der Waals surface area (Å²) in [6.45, 7) is 0. The van der Waals surface area contributed by atoms with Crippen LogP contribution in [0.4, 0.5) is 11.4 Å². The van der Waals surface area contributed by atoms with E-state index in [2.05, 4.69) is 18.0 Å². The normalized spacial score (nSPS) is 19.5. The predicted octanol–water partition coefficient (Wildman–Crippen LogP) is 4.80. The van der Waals surface area contributed by atoms with Gasteiger partial charge in [0.2, 0.25) is 5.91 Å². The predicted molar refractivity (Wildman–Crippen MR) is 113 cm³/mol. The van der Waals surface area contributed by atoms with Crippen molar-refractivity contribution < 1.29 is 9.59 Å². The molecule has 0 atom stereocenters. The second-order valence-electron chi connectivity index (χ2n) is 7.68. The van der Waals surface area contributed by atoms with Gasteiger partial charge in [0.05, 0.1) is 12.1 Å². The lowest BCUT2D eigenvalue weighted by atomic mass is 9.93. The minimum Gasteiger partial charge on any atom is -0.371 e. The van der Waals surface area contributed by atoms with Gasteiger partial charge in [0.15, 0.2) is 0 Å². The smallest absolute Gasteiger partial charge is 0.261 e. The highest BCUT2D eigenvalue weighted by molar-refractivity contribution is 6.29. The molecule has 1 heterocycles. The average molecular weight is 374 g/mol. The molecule has 2 aromatic rings. The summed E-state index contributed by atoms with van der Waals surface area (Å²) in [6.07, 6.45) is 8.34. The summed E-state index contributed by atoms with van der Waals surface area (Å²) in [7, 11) is 2.14. The fraction of sp³-hybridized carbons (Fsp3) is 0.333. The molecule has 2 fully saturated rings. The van der Waals surface area contributed by atoms with Crippen LogP contribution in [0.3, 0.4) is 0 Å². The van der Waals surface area contributed by atoms with Gasteiger partial charge in [0.1, 0.15) is 0 Å². The van der Waals surface area contributed by atoms with Gasteiger partial charge >= 0.3 is 0 Å². The fourth-order valence-electron chi connectivity index (χ4n) is 4.31. The molecule has 1 saturated heterocycles. The van der Waals surface area contributed by atoms with Crippen LogP contribution in [0.5, 0.6) is 0 Å². The third kappa shape index (κ3) is 3.59. The maximum atomic E-state index is 12.9. The topological polar surface area (TPSA) is 40.6 Å². The number of hydrogen-bond donors (Lipinski definition) is 0. The van der Waals surface area contributed by atoms with Crippen molar-refractivity contribution >= 4 is 29.3 Å². The van der Waals surface area contributed by atoms with Crippen molar-refractivity contribution in [1.82, 2.24) is 0 Å². The lowest BCUT2D eigenvalue weighted by molar-refractivity contribution is -0.120. The summed E-state index contributed by atoms with van der Waals surface area (Å²) in [5, 5.41) is 0. The highest BCUT2D eigenvalue weighted by Gasteiger charge is 2.35. The van der Waals surface area contributed by atoms with Crippen LogP contribution in [-0.4, -0.2) is 24.9 Å². The Morgan fingerprint density at radius 3 is 2.36 bits per heavy atom. The van der Waals surface area contributed by atoms with E-state index in [9.17, 15) is 9.59 Å². The summed E-state index contributed by atoms with van der Waals surface area (Å²) in [5.41, 5.74) is 3.31. The molecule has 1 saturated carbocycles. The van der Waals surface area contributed by atoms with E-state index in [1.54, 1.807) is 12.1 Å². The van der Waals surface area contributed by atoms with E-state index in [-0.39, 0.29) is 18.2 Å². The summed E-state index contributed by atoms with van der Waals surface area (Å²) in [6, 6.07) is 17.8. The van der Waals surface area contributed by atoms with Gasteiger partial charge in [-0.05, 0) is 42.7 Å². The molecule has 1 aliphatic carbocycles. The number of para-hydroxylation sites is 2. The van der Waals surface area contributed by atoms with E-state index < -0.39 is 0 Å². The Kier molecular flexibility index (Phi) is 5.29. The number of anilines is 2. The summed E-state index contributed by atoms with van der Waals surface area (Å²) >= 11 is 0. The van der Waals surface area contributed by atoms with Gasteiger partial charge in [-0.2, -0.15) is 0 Å². The molecular formula is C24H26N2O2. The van der Waals surface area contributed by atoms with Crippen LogP contribution in [0.25, 0.3) is 6.08 Å². The number of carbonyl (C=O) groups is 2. The first kappa shape index (κ1) is 18.5. The van der Waals surface area contributed by atoms with Crippen LogP contribution in [0.15, 0.2) is 60.2 Å². The highest BCUT2D eigenvalue weighted by Crippen LogP contribution is 2.32. The number of nitrogens with zero attached hydrogens (tertiary/aromatic N) is 2. The summed E-state index contributed by atoms with van der Waals surface area (Å²) in [5.74, 6) is -0.383. The van der Waals surface area contributed by atoms with Crippen LogP contribution in [0.1, 0.15) is 44.1 Å². The Balaban J connectivity index is 1.63. The number of amides is 2. The van der Waals surface area contributed by atoms with Gasteiger partial charge in [-0.15, -0.1) is 0 Å². The van der Waals surface area contributed by atoms with Crippen LogP contribution in [-0.2, 0) is 9.59 Å². The SMILES string of the molecule is CN(c1ccccc1/C=C1\CC(=O)N(c2ccccc2)C1=O)C1CCCCC1. The molecule has 0 N–H and O–H groups in total. The van der Waals surface area contributed by atoms with Crippen molar-refractivity contribution in [2.24, 2.45) is 0 Å². The highest BCUT2D eigenvalue weighted by atomic mass is 16.2. The van der Waals surface area contributed by atoms with Crippen molar-refractivity contribution in [3.05, 3.63) is 65.7 Å². The first-order valence-corrected chi connectivity index (χ1v) is 10.1. The van der Waals surface area contributed by atoms with Gasteiger partial charge in [-0.3, -0.25) is 9.59 Å². The molecule has 0 radical (unpaired) electrons. The molecule has 4 heteroatoms.